The second kappa shape index (κ2) is 6.90. The van der Waals surface area contributed by atoms with Crippen molar-refractivity contribution in [3.8, 4) is 0 Å². The Morgan fingerprint density at radius 3 is 2.58 bits per heavy atom. The molecule has 26 heavy (non-hydrogen) atoms. The smallest absolute Gasteiger partial charge is 0.389 e. The number of aliphatic hydroxyl groups is 1. The highest BCUT2D eigenvalue weighted by Gasteiger charge is 2.41. The van der Waals surface area contributed by atoms with E-state index in [0.29, 0.717) is 12.8 Å². The predicted octanol–water partition coefficient (Wildman–Crippen LogP) is 2.62. The maximum atomic E-state index is 13.2. The molecule has 3 rings (SSSR count). The van der Waals surface area contributed by atoms with Gasteiger partial charge < -0.3 is 15.3 Å². The molecule has 0 radical (unpaired) electrons. The summed E-state index contributed by atoms with van der Waals surface area (Å²) in [5.41, 5.74) is -2.11. The zero-order valence-corrected chi connectivity index (χ0v) is 14.2. The summed E-state index contributed by atoms with van der Waals surface area (Å²) in [4.78, 5) is 25.7. The molecule has 1 aromatic rings. The van der Waals surface area contributed by atoms with Crippen molar-refractivity contribution in [3.05, 3.63) is 29.8 Å². The maximum absolute atomic E-state index is 13.2. The number of alkyl halides is 3. The van der Waals surface area contributed by atoms with Crippen LogP contribution in [0, 0.1) is 0 Å². The van der Waals surface area contributed by atoms with Crippen LogP contribution < -0.4 is 10.2 Å². The van der Waals surface area contributed by atoms with Gasteiger partial charge >= 0.3 is 6.18 Å². The van der Waals surface area contributed by atoms with Crippen LogP contribution in [0.25, 0.3) is 0 Å². The van der Waals surface area contributed by atoms with Gasteiger partial charge in [-0.2, -0.15) is 13.2 Å². The van der Waals surface area contributed by atoms with Crippen LogP contribution in [0.2, 0.25) is 0 Å². The normalized spacial score (nSPS) is 22.7. The Balaban J connectivity index is 1.68. The Labute approximate surface area is 149 Å². The van der Waals surface area contributed by atoms with Gasteiger partial charge in [-0.3, -0.25) is 9.59 Å². The molecule has 0 bridgehead atoms. The van der Waals surface area contributed by atoms with Crippen LogP contribution in [0.15, 0.2) is 24.3 Å². The lowest BCUT2D eigenvalue weighted by molar-refractivity contribution is -0.137. The number of anilines is 1. The molecule has 1 saturated carbocycles. The summed E-state index contributed by atoms with van der Waals surface area (Å²) in [5.74, 6) is -1.01. The molecule has 2 fully saturated rings. The van der Waals surface area contributed by atoms with Crippen molar-refractivity contribution in [1.82, 2.24) is 5.32 Å². The number of hydrogen-bond donors (Lipinski definition) is 2. The number of halogens is 3. The average Bonchev–Trinajstić information content (AvgIpc) is 3.13. The van der Waals surface area contributed by atoms with Crippen molar-refractivity contribution in [2.75, 3.05) is 11.4 Å². The minimum Gasteiger partial charge on any atom is -0.389 e. The molecule has 0 spiro atoms. The van der Waals surface area contributed by atoms with Gasteiger partial charge in [0.2, 0.25) is 11.8 Å². The number of para-hydroxylation sites is 1. The summed E-state index contributed by atoms with van der Waals surface area (Å²) in [6.07, 6.45) is -1.62. The van der Waals surface area contributed by atoms with E-state index in [2.05, 4.69) is 5.32 Å². The van der Waals surface area contributed by atoms with E-state index < -0.39 is 35.2 Å². The molecule has 1 aromatic carbocycles. The van der Waals surface area contributed by atoms with E-state index in [-0.39, 0.29) is 25.1 Å². The van der Waals surface area contributed by atoms with Crippen molar-refractivity contribution < 1.29 is 27.9 Å². The van der Waals surface area contributed by atoms with Crippen LogP contribution in [0.4, 0.5) is 18.9 Å². The van der Waals surface area contributed by atoms with Crippen molar-refractivity contribution in [2.24, 2.45) is 0 Å². The molecule has 1 saturated heterocycles. The maximum Gasteiger partial charge on any atom is 0.418 e. The summed E-state index contributed by atoms with van der Waals surface area (Å²) >= 11 is 0. The fourth-order valence-electron chi connectivity index (χ4n) is 3.76. The van der Waals surface area contributed by atoms with Crippen molar-refractivity contribution in [3.63, 3.8) is 0 Å². The second-order valence-corrected chi connectivity index (χ2v) is 7.02. The number of amides is 2. The van der Waals surface area contributed by atoms with E-state index >= 15 is 0 Å². The van der Waals surface area contributed by atoms with Gasteiger partial charge in [0.05, 0.1) is 23.3 Å². The average molecular weight is 370 g/mol. The Kier molecular flexibility index (Phi) is 4.96. The lowest BCUT2D eigenvalue weighted by Gasteiger charge is -2.23. The SMILES string of the molecule is O=C(CC1(O)CCCC1)NC1CCN(c2ccccc2C(F)(F)F)C1=O. The molecule has 8 heteroatoms. The minimum atomic E-state index is -4.57. The summed E-state index contributed by atoms with van der Waals surface area (Å²) in [6, 6.07) is 4.04. The number of carbonyl (C=O) groups excluding carboxylic acids is 2. The molecule has 2 amide bonds. The monoisotopic (exact) mass is 370 g/mol. The molecule has 1 aliphatic heterocycles. The third-order valence-electron chi connectivity index (χ3n) is 5.06. The highest BCUT2D eigenvalue weighted by molar-refractivity contribution is 6.02. The van der Waals surface area contributed by atoms with E-state index in [1.165, 1.54) is 18.2 Å². The molecule has 2 N–H and O–H groups in total. The van der Waals surface area contributed by atoms with Crippen LogP contribution >= 0.6 is 0 Å². The first-order chi connectivity index (χ1) is 12.2. The summed E-state index contributed by atoms with van der Waals surface area (Å²) in [7, 11) is 0. The molecular weight excluding hydrogens is 349 g/mol. The highest BCUT2D eigenvalue weighted by atomic mass is 19.4. The van der Waals surface area contributed by atoms with Gasteiger partial charge in [0.15, 0.2) is 0 Å². The molecule has 1 aliphatic carbocycles. The molecule has 142 valence electrons. The first-order valence-corrected chi connectivity index (χ1v) is 8.69. The Bertz CT molecular complexity index is 699. The van der Waals surface area contributed by atoms with Gasteiger partial charge in [-0.1, -0.05) is 25.0 Å². The van der Waals surface area contributed by atoms with E-state index in [4.69, 9.17) is 0 Å². The molecule has 0 aromatic heterocycles. The fraction of sp³-hybridized carbons (Fsp3) is 0.556. The Hall–Kier alpha value is -2.09. The standard InChI is InChI=1S/C18H21F3N2O3/c19-18(20,21)12-5-1-2-6-14(12)23-10-7-13(16(23)25)22-15(24)11-17(26)8-3-4-9-17/h1-2,5-6,13,26H,3-4,7-11H2,(H,22,24). The highest BCUT2D eigenvalue weighted by Crippen LogP contribution is 2.38. The van der Waals surface area contributed by atoms with E-state index in [1.54, 1.807) is 0 Å². The number of rotatable bonds is 4. The predicted molar refractivity (Wildman–Crippen MR) is 88.4 cm³/mol. The lowest BCUT2D eigenvalue weighted by atomic mass is 9.97. The van der Waals surface area contributed by atoms with Gasteiger partial charge in [-0.15, -0.1) is 0 Å². The molecule has 1 heterocycles. The molecule has 5 nitrogen and oxygen atoms in total. The number of benzene rings is 1. The van der Waals surface area contributed by atoms with Gasteiger partial charge in [0.1, 0.15) is 6.04 Å². The Morgan fingerprint density at radius 1 is 1.27 bits per heavy atom. The van der Waals surface area contributed by atoms with Crippen LogP contribution in [0.1, 0.15) is 44.1 Å². The van der Waals surface area contributed by atoms with E-state index in [0.717, 1.165) is 23.8 Å². The first kappa shape index (κ1) is 18.7. The van der Waals surface area contributed by atoms with Crippen LogP contribution in [0.3, 0.4) is 0 Å². The Morgan fingerprint density at radius 2 is 1.92 bits per heavy atom. The van der Waals surface area contributed by atoms with Crippen LogP contribution in [-0.4, -0.2) is 35.1 Å². The molecular formula is C18H21F3N2O3. The van der Waals surface area contributed by atoms with Gasteiger partial charge in [0, 0.05) is 6.54 Å². The summed E-state index contributed by atoms with van der Waals surface area (Å²) in [5, 5.41) is 12.8. The van der Waals surface area contributed by atoms with Crippen LogP contribution in [0.5, 0.6) is 0 Å². The molecule has 1 atom stereocenters. The molecule has 1 unspecified atom stereocenters. The third-order valence-corrected chi connectivity index (χ3v) is 5.06. The van der Waals surface area contributed by atoms with Gasteiger partial charge in [0.25, 0.3) is 0 Å². The summed E-state index contributed by atoms with van der Waals surface area (Å²) in [6.45, 7) is 0.0984. The number of nitrogens with zero attached hydrogens (tertiary/aromatic N) is 1. The zero-order chi connectivity index (χ0) is 18.9. The topological polar surface area (TPSA) is 69.6 Å². The van der Waals surface area contributed by atoms with Gasteiger partial charge in [-0.25, -0.2) is 0 Å². The number of hydrogen-bond acceptors (Lipinski definition) is 3. The zero-order valence-electron chi connectivity index (χ0n) is 14.2. The van der Waals surface area contributed by atoms with Gasteiger partial charge in [-0.05, 0) is 31.4 Å². The first-order valence-electron chi connectivity index (χ1n) is 8.69. The molecule has 2 aliphatic rings. The quantitative estimate of drug-likeness (QED) is 0.856. The van der Waals surface area contributed by atoms with Crippen molar-refractivity contribution in [2.45, 2.75) is 56.3 Å². The number of carbonyl (C=O) groups is 2. The lowest BCUT2D eigenvalue weighted by Crippen LogP contribution is -2.44. The second-order valence-electron chi connectivity index (χ2n) is 7.02. The van der Waals surface area contributed by atoms with Crippen molar-refractivity contribution in [1.29, 1.82) is 0 Å². The summed E-state index contributed by atoms with van der Waals surface area (Å²) < 4.78 is 39.5. The largest absolute Gasteiger partial charge is 0.418 e. The van der Waals surface area contributed by atoms with E-state index in [1.807, 2.05) is 0 Å². The fourth-order valence-corrected chi connectivity index (χ4v) is 3.76. The van der Waals surface area contributed by atoms with Crippen LogP contribution in [-0.2, 0) is 15.8 Å². The third kappa shape index (κ3) is 3.85. The van der Waals surface area contributed by atoms with Crippen molar-refractivity contribution >= 4 is 17.5 Å². The van der Waals surface area contributed by atoms with E-state index in [9.17, 15) is 27.9 Å². The minimum absolute atomic E-state index is 0.0874. The number of nitrogens with one attached hydrogen (secondary N) is 1.